The highest BCUT2D eigenvalue weighted by molar-refractivity contribution is 5.01. The van der Waals surface area contributed by atoms with Crippen molar-refractivity contribution in [2.45, 2.75) is 93.7 Å². The fraction of sp³-hybridized carbons (Fsp3) is 1.00. The van der Waals surface area contributed by atoms with Gasteiger partial charge in [0.25, 0.3) is 0 Å². The van der Waals surface area contributed by atoms with Gasteiger partial charge in [0.1, 0.15) is 30.5 Å². The molecule has 12 heteroatoms. The molecule has 0 radical (unpaired) electrons. The van der Waals surface area contributed by atoms with Crippen LogP contribution in [0, 0.1) is 11.8 Å². The van der Waals surface area contributed by atoms with E-state index in [4.69, 9.17) is 36.1 Å². The van der Waals surface area contributed by atoms with Gasteiger partial charge < -0.3 is 61.7 Å². The van der Waals surface area contributed by atoms with E-state index in [2.05, 4.69) is 0 Å². The van der Waals surface area contributed by atoms with Gasteiger partial charge in [0.15, 0.2) is 12.6 Å². The summed E-state index contributed by atoms with van der Waals surface area (Å²) in [6.45, 7) is 3.14. The van der Waals surface area contributed by atoms with E-state index in [1.807, 2.05) is 13.8 Å². The van der Waals surface area contributed by atoms with Crippen LogP contribution in [0.25, 0.3) is 0 Å². The highest BCUT2D eigenvalue weighted by atomic mass is 16.7. The van der Waals surface area contributed by atoms with Gasteiger partial charge in [-0.25, -0.2) is 0 Å². The molecule has 0 aromatic heterocycles. The fourth-order valence-corrected chi connectivity index (χ4v) is 4.51. The molecule has 0 aromatic carbocycles. The van der Waals surface area contributed by atoms with Crippen LogP contribution >= 0.6 is 0 Å². The molecular formula is C19H37N3O9. The molecule has 1 aliphatic carbocycles. The van der Waals surface area contributed by atoms with Crippen molar-refractivity contribution in [3.63, 3.8) is 0 Å². The summed E-state index contributed by atoms with van der Waals surface area (Å²) in [6.07, 6.45) is -9.04. The SMILES string of the molecule is CC1C(C)[C@@H](CO)O[C@H]1OC1C(O)[C@H](N)CC(N)[C@H]1O[C@H]1OC(CO)[C@@H](O)C(O)C1N. The number of ether oxygens (including phenoxy) is 4. The summed E-state index contributed by atoms with van der Waals surface area (Å²) in [5, 5.41) is 49.9. The molecule has 3 aliphatic rings. The molecule has 0 amide bonds. The molecular weight excluding hydrogens is 414 g/mol. The van der Waals surface area contributed by atoms with Crippen LogP contribution in [0.4, 0.5) is 0 Å². The Labute approximate surface area is 181 Å². The molecule has 11 N–H and O–H groups in total. The molecule has 182 valence electrons. The first-order chi connectivity index (χ1) is 14.6. The Morgan fingerprint density at radius 2 is 1.32 bits per heavy atom. The largest absolute Gasteiger partial charge is 0.394 e. The van der Waals surface area contributed by atoms with Crippen LogP contribution in [-0.2, 0) is 18.9 Å². The van der Waals surface area contributed by atoms with Crippen LogP contribution in [0.5, 0.6) is 0 Å². The molecule has 3 rings (SSSR count). The summed E-state index contributed by atoms with van der Waals surface area (Å²) < 4.78 is 23.4. The van der Waals surface area contributed by atoms with E-state index in [0.29, 0.717) is 0 Å². The average Bonchev–Trinajstić information content (AvgIpc) is 3.02. The molecule has 0 bridgehead atoms. The zero-order valence-corrected chi connectivity index (χ0v) is 17.8. The maximum atomic E-state index is 10.8. The van der Waals surface area contributed by atoms with Gasteiger partial charge in [0, 0.05) is 18.0 Å². The maximum Gasteiger partial charge on any atom is 0.176 e. The monoisotopic (exact) mass is 451 g/mol. The number of hydrogen-bond donors (Lipinski definition) is 8. The molecule has 12 nitrogen and oxygen atoms in total. The van der Waals surface area contributed by atoms with Crippen molar-refractivity contribution in [2.75, 3.05) is 13.2 Å². The van der Waals surface area contributed by atoms with Gasteiger partial charge >= 0.3 is 0 Å². The third-order valence-corrected chi connectivity index (χ3v) is 6.91. The Balaban J connectivity index is 1.78. The lowest BCUT2D eigenvalue weighted by Gasteiger charge is -2.47. The topological polar surface area (TPSA) is 216 Å². The molecule has 3 fully saturated rings. The number of aliphatic hydroxyl groups is 5. The van der Waals surface area contributed by atoms with E-state index < -0.39 is 80.0 Å². The zero-order chi connectivity index (χ0) is 23.0. The predicted octanol–water partition coefficient (Wildman–Crippen LogP) is -4.07. The molecule has 2 saturated heterocycles. The molecule has 31 heavy (non-hydrogen) atoms. The molecule has 14 atom stereocenters. The smallest absolute Gasteiger partial charge is 0.176 e. The van der Waals surface area contributed by atoms with Crippen molar-refractivity contribution < 1.29 is 44.5 Å². The summed E-state index contributed by atoms with van der Waals surface area (Å²) in [5.74, 6) is -0.0576. The molecule has 1 saturated carbocycles. The standard InChI is InChI=1S/C19H37N3O9/c1-6-7(2)18(28-10(6)4-23)31-17-13(25)8(20)3-9(21)16(17)30-19-12(22)15(27)14(26)11(5-24)29-19/h6-19,23-27H,3-5,20-22H2,1-2H3/t6?,7?,8-,9?,10-,11?,12?,13?,14-,15?,16-,17?,18+,19-/m1/s1. The van der Waals surface area contributed by atoms with Gasteiger partial charge in [-0.1, -0.05) is 13.8 Å². The summed E-state index contributed by atoms with van der Waals surface area (Å²) in [5.41, 5.74) is 18.3. The molecule has 2 aliphatic heterocycles. The van der Waals surface area contributed by atoms with E-state index in [1.54, 1.807) is 0 Å². The van der Waals surface area contributed by atoms with E-state index in [0.717, 1.165) is 0 Å². The average molecular weight is 452 g/mol. The van der Waals surface area contributed by atoms with Crippen molar-refractivity contribution in [1.82, 2.24) is 0 Å². The summed E-state index contributed by atoms with van der Waals surface area (Å²) in [4.78, 5) is 0. The van der Waals surface area contributed by atoms with Crippen molar-refractivity contribution >= 4 is 0 Å². The van der Waals surface area contributed by atoms with E-state index in [1.165, 1.54) is 0 Å². The Kier molecular flexibility index (Phi) is 8.27. The van der Waals surface area contributed by atoms with Crippen LogP contribution in [0.2, 0.25) is 0 Å². The van der Waals surface area contributed by atoms with Crippen molar-refractivity contribution in [3.05, 3.63) is 0 Å². The minimum Gasteiger partial charge on any atom is -0.394 e. The Morgan fingerprint density at radius 1 is 0.742 bits per heavy atom. The normalized spacial score (nSPS) is 53.6. The predicted molar refractivity (Wildman–Crippen MR) is 106 cm³/mol. The van der Waals surface area contributed by atoms with Gasteiger partial charge in [0.2, 0.25) is 0 Å². The third-order valence-electron chi connectivity index (χ3n) is 6.91. The highest BCUT2D eigenvalue weighted by Gasteiger charge is 2.51. The van der Waals surface area contributed by atoms with E-state index in [9.17, 15) is 25.5 Å². The first-order valence-corrected chi connectivity index (χ1v) is 10.7. The first-order valence-electron chi connectivity index (χ1n) is 10.7. The second kappa shape index (κ2) is 10.2. The van der Waals surface area contributed by atoms with Crippen LogP contribution in [-0.4, -0.2) is 112 Å². The zero-order valence-electron chi connectivity index (χ0n) is 17.8. The highest BCUT2D eigenvalue weighted by Crippen LogP contribution is 2.36. The lowest BCUT2D eigenvalue weighted by molar-refractivity contribution is -0.308. The number of rotatable bonds is 6. The second-order valence-corrected chi connectivity index (χ2v) is 8.98. The van der Waals surface area contributed by atoms with Gasteiger partial charge in [-0.2, -0.15) is 0 Å². The van der Waals surface area contributed by atoms with Gasteiger partial charge in [-0.15, -0.1) is 0 Å². The number of hydrogen-bond acceptors (Lipinski definition) is 12. The lowest BCUT2D eigenvalue weighted by Crippen LogP contribution is -2.67. The maximum absolute atomic E-state index is 10.8. The van der Waals surface area contributed by atoms with Crippen LogP contribution in [0.3, 0.4) is 0 Å². The van der Waals surface area contributed by atoms with Crippen molar-refractivity contribution in [1.29, 1.82) is 0 Å². The second-order valence-electron chi connectivity index (χ2n) is 8.98. The quantitative estimate of drug-likeness (QED) is 0.193. The third kappa shape index (κ3) is 4.90. The van der Waals surface area contributed by atoms with Gasteiger partial charge in [-0.3, -0.25) is 0 Å². The number of nitrogens with two attached hydrogens (primary N) is 3. The fourth-order valence-electron chi connectivity index (χ4n) is 4.51. The van der Waals surface area contributed by atoms with E-state index in [-0.39, 0.29) is 24.9 Å². The van der Waals surface area contributed by atoms with Crippen LogP contribution in [0.1, 0.15) is 20.3 Å². The van der Waals surface area contributed by atoms with Crippen LogP contribution < -0.4 is 17.2 Å². The molecule has 0 spiro atoms. The lowest BCUT2D eigenvalue weighted by atomic mass is 9.84. The molecule has 8 unspecified atom stereocenters. The minimum atomic E-state index is -1.40. The van der Waals surface area contributed by atoms with Crippen molar-refractivity contribution in [2.24, 2.45) is 29.0 Å². The van der Waals surface area contributed by atoms with E-state index >= 15 is 0 Å². The summed E-state index contributed by atoms with van der Waals surface area (Å²) in [7, 11) is 0. The molecule has 0 aromatic rings. The van der Waals surface area contributed by atoms with Crippen molar-refractivity contribution in [3.8, 4) is 0 Å². The minimum absolute atomic E-state index is 0.0227. The van der Waals surface area contributed by atoms with Gasteiger partial charge in [-0.05, 0) is 12.3 Å². The van der Waals surface area contributed by atoms with Crippen LogP contribution in [0.15, 0.2) is 0 Å². The summed E-state index contributed by atoms with van der Waals surface area (Å²) in [6, 6.07) is -2.45. The first kappa shape index (κ1) is 25.1. The Morgan fingerprint density at radius 3 is 1.90 bits per heavy atom. The number of aliphatic hydroxyl groups excluding tert-OH is 5. The Bertz CT molecular complexity index is 588. The molecule has 2 heterocycles. The van der Waals surface area contributed by atoms with Gasteiger partial charge in [0.05, 0.1) is 31.5 Å². The Hall–Kier alpha value is -0.480. The summed E-state index contributed by atoms with van der Waals surface area (Å²) >= 11 is 0.